The van der Waals surface area contributed by atoms with Gasteiger partial charge in [-0.25, -0.2) is 17.9 Å². The number of halogens is 1. The van der Waals surface area contributed by atoms with E-state index in [2.05, 4.69) is 4.98 Å². The topological polar surface area (TPSA) is 96.2 Å². The Morgan fingerprint density at radius 3 is 2.46 bits per heavy atom. The number of aliphatic hydroxyl groups is 1. The third-order valence-corrected chi connectivity index (χ3v) is 4.90. The number of hydrogen-bond acceptors (Lipinski definition) is 3. The zero-order valence-electron chi connectivity index (χ0n) is 13.2. The molecule has 4 N–H and O–H groups in total. The molecule has 0 saturated heterocycles. The normalized spacial score (nSPS) is 12.7. The first-order valence-corrected chi connectivity index (χ1v) is 8.79. The lowest BCUT2D eigenvalue weighted by Gasteiger charge is -2.18. The first-order valence-electron chi connectivity index (χ1n) is 7.25. The fraction of sp³-hybridized carbons (Fsp3) is 0.176. The number of nitrogens with one attached hydrogen (secondary N) is 1. The highest BCUT2D eigenvalue weighted by atomic mass is 32.2. The van der Waals surface area contributed by atoms with Crippen LogP contribution in [0.25, 0.3) is 22.0 Å². The average molecular weight is 348 g/mol. The zero-order chi connectivity index (χ0) is 17.7. The quantitative estimate of drug-likeness (QED) is 0.679. The molecular weight excluding hydrogens is 331 g/mol. The average Bonchev–Trinajstić information content (AvgIpc) is 2.90. The molecular formula is C17H17FN2O3S. The van der Waals surface area contributed by atoms with Crippen LogP contribution in [0.4, 0.5) is 4.39 Å². The first-order chi connectivity index (χ1) is 11.1. The van der Waals surface area contributed by atoms with Crippen LogP contribution >= 0.6 is 0 Å². The Bertz CT molecular complexity index is 1030. The van der Waals surface area contributed by atoms with Crippen molar-refractivity contribution in [2.24, 2.45) is 5.14 Å². The molecule has 0 radical (unpaired) electrons. The van der Waals surface area contributed by atoms with Crippen molar-refractivity contribution in [1.82, 2.24) is 4.98 Å². The predicted octanol–water partition coefficient (Wildman–Crippen LogP) is 2.85. The zero-order valence-corrected chi connectivity index (χ0v) is 14.0. The Hall–Kier alpha value is -2.22. The fourth-order valence-corrected chi connectivity index (χ4v) is 3.40. The first kappa shape index (κ1) is 16.6. The number of aromatic nitrogens is 1. The number of H-pyrrole nitrogens is 1. The lowest BCUT2D eigenvalue weighted by molar-refractivity contribution is 0.0782. The summed E-state index contributed by atoms with van der Waals surface area (Å²) in [6.07, 6.45) is 1.30. The molecule has 24 heavy (non-hydrogen) atoms. The molecule has 0 aliphatic carbocycles. The summed E-state index contributed by atoms with van der Waals surface area (Å²) >= 11 is 0. The number of para-hydroxylation sites is 1. The van der Waals surface area contributed by atoms with E-state index in [1.54, 1.807) is 44.2 Å². The molecule has 0 saturated carbocycles. The minimum absolute atomic E-state index is 0.0344. The number of fused-ring (bicyclic) bond motifs is 1. The van der Waals surface area contributed by atoms with Gasteiger partial charge in [0.1, 0.15) is 10.7 Å². The number of hydrogen-bond donors (Lipinski definition) is 3. The van der Waals surface area contributed by atoms with Gasteiger partial charge < -0.3 is 10.1 Å². The van der Waals surface area contributed by atoms with Gasteiger partial charge in [0.25, 0.3) is 0 Å². The summed E-state index contributed by atoms with van der Waals surface area (Å²) in [5, 5.41) is 15.6. The lowest BCUT2D eigenvalue weighted by Crippen LogP contribution is -2.15. The van der Waals surface area contributed by atoms with E-state index in [-0.39, 0.29) is 4.90 Å². The molecule has 126 valence electrons. The Morgan fingerprint density at radius 1 is 1.17 bits per heavy atom. The molecule has 0 bridgehead atoms. The van der Waals surface area contributed by atoms with Gasteiger partial charge >= 0.3 is 0 Å². The highest BCUT2D eigenvalue weighted by Gasteiger charge is 2.20. The maximum atomic E-state index is 14.6. The van der Waals surface area contributed by atoms with E-state index < -0.39 is 21.4 Å². The molecule has 0 aliphatic heterocycles. The minimum Gasteiger partial charge on any atom is -0.386 e. The molecule has 0 amide bonds. The van der Waals surface area contributed by atoms with Crippen molar-refractivity contribution in [3.05, 3.63) is 54.0 Å². The van der Waals surface area contributed by atoms with Crippen LogP contribution in [0, 0.1) is 5.82 Å². The molecule has 7 heteroatoms. The molecule has 1 heterocycles. The smallest absolute Gasteiger partial charge is 0.240 e. The number of rotatable bonds is 3. The summed E-state index contributed by atoms with van der Waals surface area (Å²) in [6.45, 7) is 3.15. The number of nitrogens with two attached hydrogens (primary N) is 1. The monoisotopic (exact) mass is 348 g/mol. The second-order valence-electron chi connectivity index (χ2n) is 6.18. The van der Waals surface area contributed by atoms with Gasteiger partial charge in [0, 0.05) is 22.7 Å². The van der Waals surface area contributed by atoms with Crippen molar-refractivity contribution < 1.29 is 17.9 Å². The fourth-order valence-electron chi connectivity index (χ4n) is 2.70. The van der Waals surface area contributed by atoms with Crippen LogP contribution in [0.2, 0.25) is 0 Å². The number of benzene rings is 2. The summed E-state index contributed by atoms with van der Waals surface area (Å²) in [4.78, 5) is 2.82. The van der Waals surface area contributed by atoms with Crippen LogP contribution < -0.4 is 5.14 Å². The third kappa shape index (κ3) is 2.82. The van der Waals surface area contributed by atoms with Crippen LogP contribution in [-0.2, 0) is 15.6 Å². The van der Waals surface area contributed by atoms with E-state index in [1.165, 1.54) is 12.3 Å². The molecule has 1 aromatic heterocycles. The molecule has 0 spiro atoms. The van der Waals surface area contributed by atoms with Gasteiger partial charge in [-0.15, -0.1) is 0 Å². The second-order valence-corrected chi connectivity index (χ2v) is 7.71. The Balaban J connectivity index is 2.23. The largest absolute Gasteiger partial charge is 0.386 e. The van der Waals surface area contributed by atoms with Crippen molar-refractivity contribution in [3.8, 4) is 11.1 Å². The molecule has 0 atom stereocenters. The van der Waals surface area contributed by atoms with Gasteiger partial charge in [-0.2, -0.15) is 0 Å². The summed E-state index contributed by atoms with van der Waals surface area (Å²) < 4.78 is 37.8. The maximum Gasteiger partial charge on any atom is 0.240 e. The van der Waals surface area contributed by atoms with Crippen LogP contribution in [-0.4, -0.2) is 18.5 Å². The third-order valence-electron chi connectivity index (χ3n) is 3.95. The van der Waals surface area contributed by atoms with Crippen molar-refractivity contribution >= 4 is 20.9 Å². The van der Waals surface area contributed by atoms with Gasteiger partial charge in [0.15, 0.2) is 0 Å². The lowest BCUT2D eigenvalue weighted by atomic mass is 9.94. The SMILES string of the molecule is CC(C)(O)c1ccc(-c2cccc3c(S(N)(=O)=O)c[nH]c23)c(F)c1. The van der Waals surface area contributed by atoms with Gasteiger partial charge in [0.05, 0.1) is 11.1 Å². The highest BCUT2D eigenvalue weighted by Crippen LogP contribution is 2.34. The van der Waals surface area contributed by atoms with Gasteiger partial charge in [-0.3, -0.25) is 0 Å². The van der Waals surface area contributed by atoms with Crippen molar-refractivity contribution in [1.29, 1.82) is 0 Å². The standard InChI is InChI=1S/C17H17FN2O3S/c1-17(2,21)10-6-7-11(14(18)8-10)12-4-3-5-13-15(24(19,22)23)9-20-16(12)13/h3-9,20-21H,1-2H3,(H2,19,22,23). The van der Waals surface area contributed by atoms with E-state index >= 15 is 0 Å². The highest BCUT2D eigenvalue weighted by molar-refractivity contribution is 7.89. The number of aromatic amines is 1. The summed E-state index contributed by atoms with van der Waals surface area (Å²) in [6, 6.07) is 9.42. The molecule has 2 aromatic carbocycles. The summed E-state index contributed by atoms with van der Waals surface area (Å²) in [7, 11) is -3.88. The molecule has 0 unspecified atom stereocenters. The second kappa shape index (κ2) is 5.41. The van der Waals surface area contributed by atoms with Crippen molar-refractivity contribution in [2.45, 2.75) is 24.3 Å². The molecule has 5 nitrogen and oxygen atoms in total. The van der Waals surface area contributed by atoms with E-state index in [0.29, 0.717) is 27.6 Å². The van der Waals surface area contributed by atoms with E-state index in [0.717, 1.165) is 0 Å². The maximum absolute atomic E-state index is 14.6. The Labute approximate surface area is 139 Å². The Morgan fingerprint density at radius 2 is 1.88 bits per heavy atom. The van der Waals surface area contributed by atoms with Crippen molar-refractivity contribution in [3.63, 3.8) is 0 Å². The van der Waals surface area contributed by atoms with Gasteiger partial charge in [-0.05, 0) is 25.5 Å². The van der Waals surface area contributed by atoms with E-state index in [1.807, 2.05) is 0 Å². The minimum atomic E-state index is -3.88. The molecule has 0 fully saturated rings. The Kier molecular flexibility index (Phi) is 3.75. The van der Waals surface area contributed by atoms with Crippen LogP contribution in [0.1, 0.15) is 19.4 Å². The number of primary sulfonamides is 1. The predicted molar refractivity (Wildman–Crippen MR) is 90.3 cm³/mol. The summed E-state index contributed by atoms with van der Waals surface area (Å²) in [5.41, 5.74) is 0.598. The van der Waals surface area contributed by atoms with Crippen LogP contribution in [0.15, 0.2) is 47.5 Å². The van der Waals surface area contributed by atoms with E-state index in [4.69, 9.17) is 5.14 Å². The van der Waals surface area contributed by atoms with Crippen LogP contribution in [0.5, 0.6) is 0 Å². The molecule has 3 aromatic rings. The molecule has 0 aliphatic rings. The molecule has 3 rings (SSSR count). The van der Waals surface area contributed by atoms with Gasteiger partial charge in [0.2, 0.25) is 10.0 Å². The summed E-state index contributed by atoms with van der Waals surface area (Å²) in [5.74, 6) is -0.506. The van der Waals surface area contributed by atoms with Gasteiger partial charge in [-0.1, -0.05) is 30.3 Å². The van der Waals surface area contributed by atoms with E-state index in [9.17, 15) is 17.9 Å². The van der Waals surface area contributed by atoms with Crippen LogP contribution in [0.3, 0.4) is 0 Å². The number of sulfonamides is 1. The van der Waals surface area contributed by atoms with Crippen molar-refractivity contribution in [2.75, 3.05) is 0 Å².